The van der Waals surface area contributed by atoms with Crippen LogP contribution in [0.15, 0.2) is 12.1 Å². The summed E-state index contributed by atoms with van der Waals surface area (Å²) in [6, 6.07) is 2.88. The van der Waals surface area contributed by atoms with E-state index in [4.69, 9.17) is 10.2 Å². The summed E-state index contributed by atoms with van der Waals surface area (Å²) in [7, 11) is 0. The lowest BCUT2D eigenvalue weighted by molar-refractivity contribution is -0.384. The minimum Gasteiger partial charge on any atom is -0.394 e. The molecule has 1 aromatic rings. The first-order chi connectivity index (χ1) is 7.54. The zero-order valence-corrected chi connectivity index (χ0v) is 8.75. The number of aryl methyl sites for hydroxylation is 1. The molecule has 1 heterocycles. The standard InChI is InChI=1S/C9H13N3O4/c1-6-2-3-8(12(15)16)9(11-6)10-4-7(14)5-13/h2-3,7,13-14H,4-5H2,1H3,(H,10,11). The predicted octanol–water partition coefficient (Wildman–Crippen LogP) is 0.0633. The molecule has 0 radical (unpaired) electrons. The Bertz CT molecular complexity index is 383. The Morgan fingerprint density at radius 3 is 2.88 bits per heavy atom. The second-order valence-electron chi connectivity index (χ2n) is 3.29. The number of anilines is 1. The van der Waals surface area contributed by atoms with Crippen LogP contribution >= 0.6 is 0 Å². The van der Waals surface area contributed by atoms with Crippen LogP contribution in [-0.4, -0.2) is 39.4 Å². The van der Waals surface area contributed by atoms with Crippen molar-refractivity contribution in [3.63, 3.8) is 0 Å². The van der Waals surface area contributed by atoms with Gasteiger partial charge in [-0.15, -0.1) is 0 Å². The fraction of sp³-hybridized carbons (Fsp3) is 0.444. The Balaban J connectivity index is 2.84. The molecule has 0 fully saturated rings. The molecular weight excluding hydrogens is 214 g/mol. The average molecular weight is 227 g/mol. The van der Waals surface area contributed by atoms with E-state index in [0.717, 1.165) is 0 Å². The molecule has 0 aromatic carbocycles. The lowest BCUT2D eigenvalue weighted by Crippen LogP contribution is -2.23. The Kier molecular flexibility index (Phi) is 4.15. The van der Waals surface area contributed by atoms with E-state index in [1.165, 1.54) is 12.1 Å². The summed E-state index contributed by atoms with van der Waals surface area (Å²) in [4.78, 5) is 14.1. The van der Waals surface area contributed by atoms with E-state index in [0.29, 0.717) is 5.69 Å². The number of hydrogen-bond donors (Lipinski definition) is 3. The third kappa shape index (κ3) is 3.14. The van der Waals surface area contributed by atoms with Gasteiger partial charge in [0.2, 0.25) is 5.82 Å². The quantitative estimate of drug-likeness (QED) is 0.485. The van der Waals surface area contributed by atoms with E-state index in [1.807, 2.05) is 0 Å². The van der Waals surface area contributed by atoms with E-state index in [1.54, 1.807) is 6.92 Å². The maximum Gasteiger partial charge on any atom is 0.311 e. The Morgan fingerprint density at radius 1 is 1.62 bits per heavy atom. The number of hydrogen-bond acceptors (Lipinski definition) is 6. The molecule has 7 heteroatoms. The molecule has 0 bridgehead atoms. The smallest absolute Gasteiger partial charge is 0.311 e. The largest absolute Gasteiger partial charge is 0.394 e. The van der Waals surface area contributed by atoms with Crippen LogP contribution in [0.2, 0.25) is 0 Å². The van der Waals surface area contributed by atoms with Crippen LogP contribution in [0.25, 0.3) is 0 Å². The number of nitrogens with zero attached hydrogens (tertiary/aromatic N) is 2. The Morgan fingerprint density at radius 2 is 2.31 bits per heavy atom. The summed E-state index contributed by atoms with van der Waals surface area (Å²) in [6.07, 6.45) is -0.970. The van der Waals surface area contributed by atoms with Crippen molar-refractivity contribution >= 4 is 11.5 Å². The fourth-order valence-corrected chi connectivity index (χ4v) is 1.11. The first kappa shape index (κ1) is 12.3. The Hall–Kier alpha value is -1.73. The van der Waals surface area contributed by atoms with Crippen LogP contribution in [0.4, 0.5) is 11.5 Å². The number of aliphatic hydroxyl groups excluding tert-OH is 2. The van der Waals surface area contributed by atoms with Crippen molar-refractivity contribution in [3.8, 4) is 0 Å². The molecule has 0 aliphatic rings. The maximum absolute atomic E-state index is 10.7. The van der Waals surface area contributed by atoms with Gasteiger partial charge in [-0.25, -0.2) is 4.98 Å². The Labute approximate surface area is 91.9 Å². The van der Waals surface area contributed by atoms with Crippen molar-refractivity contribution in [1.82, 2.24) is 4.98 Å². The molecule has 7 nitrogen and oxygen atoms in total. The van der Waals surface area contributed by atoms with Gasteiger partial charge in [0.05, 0.1) is 17.6 Å². The van der Waals surface area contributed by atoms with E-state index >= 15 is 0 Å². The molecule has 0 saturated heterocycles. The molecule has 1 unspecified atom stereocenters. The van der Waals surface area contributed by atoms with E-state index < -0.39 is 17.6 Å². The number of aliphatic hydroxyl groups is 2. The van der Waals surface area contributed by atoms with Crippen LogP contribution in [0.5, 0.6) is 0 Å². The average Bonchev–Trinajstić information content (AvgIpc) is 2.25. The SMILES string of the molecule is Cc1ccc([N+](=O)[O-])c(NCC(O)CO)n1. The minimum atomic E-state index is -0.970. The molecule has 0 spiro atoms. The van der Waals surface area contributed by atoms with Crippen molar-refractivity contribution in [1.29, 1.82) is 0 Å². The lowest BCUT2D eigenvalue weighted by Gasteiger charge is -2.09. The second kappa shape index (κ2) is 5.38. The number of nitro groups is 1. The van der Waals surface area contributed by atoms with Gasteiger partial charge in [-0.3, -0.25) is 10.1 Å². The number of nitrogens with one attached hydrogen (secondary N) is 1. The highest BCUT2D eigenvalue weighted by Gasteiger charge is 2.15. The first-order valence-electron chi connectivity index (χ1n) is 4.69. The van der Waals surface area contributed by atoms with Gasteiger partial charge < -0.3 is 15.5 Å². The first-order valence-corrected chi connectivity index (χ1v) is 4.69. The van der Waals surface area contributed by atoms with E-state index in [-0.39, 0.29) is 18.1 Å². The van der Waals surface area contributed by atoms with Gasteiger partial charge in [0.25, 0.3) is 0 Å². The lowest BCUT2D eigenvalue weighted by atomic mass is 10.3. The second-order valence-corrected chi connectivity index (χ2v) is 3.29. The van der Waals surface area contributed by atoms with E-state index in [2.05, 4.69) is 10.3 Å². The molecular formula is C9H13N3O4. The van der Waals surface area contributed by atoms with Crippen molar-refractivity contribution in [2.75, 3.05) is 18.5 Å². The molecule has 0 aliphatic carbocycles. The van der Waals surface area contributed by atoms with Crippen molar-refractivity contribution < 1.29 is 15.1 Å². The van der Waals surface area contributed by atoms with Gasteiger partial charge in [0.15, 0.2) is 0 Å². The molecule has 0 aliphatic heterocycles. The van der Waals surface area contributed by atoms with Gasteiger partial charge in [-0.2, -0.15) is 0 Å². The molecule has 1 atom stereocenters. The highest BCUT2D eigenvalue weighted by molar-refractivity contribution is 5.56. The van der Waals surface area contributed by atoms with Crippen molar-refractivity contribution in [2.45, 2.75) is 13.0 Å². The maximum atomic E-state index is 10.7. The van der Waals surface area contributed by atoms with Gasteiger partial charge in [0, 0.05) is 18.3 Å². The van der Waals surface area contributed by atoms with E-state index in [9.17, 15) is 10.1 Å². The molecule has 0 amide bonds. The summed E-state index contributed by atoms with van der Waals surface area (Å²) in [5.74, 6) is 0.0949. The molecule has 16 heavy (non-hydrogen) atoms. The van der Waals surface area contributed by atoms with Gasteiger partial charge in [-0.1, -0.05) is 0 Å². The highest BCUT2D eigenvalue weighted by Crippen LogP contribution is 2.21. The van der Waals surface area contributed by atoms with Crippen LogP contribution < -0.4 is 5.32 Å². The molecule has 1 rings (SSSR count). The summed E-state index contributed by atoms with van der Waals surface area (Å²) in [5, 5.41) is 31.0. The van der Waals surface area contributed by atoms with Gasteiger partial charge >= 0.3 is 5.69 Å². The van der Waals surface area contributed by atoms with Crippen LogP contribution in [0.3, 0.4) is 0 Å². The number of aromatic nitrogens is 1. The van der Waals surface area contributed by atoms with Crippen LogP contribution in [-0.2, 0) is 0 Å². The van der Waals surface area contributed by atoms with Crippen molar-refractivity contribution in [3.05, 3.63) is 27.9 Å². The van der Waals surface area contributed by atoms with Crippen LogP contribution in [0.1, 0.15) is 5.69 Å². The third-order valence-corrected chi connectivity index (χ3v) is 1.93. The molecule has 0 saturated carbocycles. The summed E-state index contributed by atoms with van der Waals surface area (Å²) in [5.41, 5.74) is 0.474. The van der Waals surface area contributed by atoms with Crippen LogP contribution in [0, 0.1) is 17.0 Å². The number of rotatable bonds is 5. The third-order valence-electron chi connectivity index (χ3n) is 1.93. The molecule has 1 aromatic heterocycles. The molecule has 3 N–H and O–H groups in total. The van der Waals surface area contributed by atoms with Gasteiger partial charge in [-0.05, 0) is 13.0 Å². The zero-order valence-electron chi connectivity index (χ0n) is 8.75. The zero-order chi connectivity index (χ0) is 12.1. The highest BCUT2D eigenvalue weighted by atomic mass is 16.6. The fourth-order valence-electron chi connectivity index (χ4n) is 1.11. The monoisotopic (exact) mass is 227 g/mol. The summed E-state index contributed by atoms with van der Waals surface area (Å²) < 4.78 is 0. The summed E-state index contributed by atoms with van der Waals surface area (Å²) in [6.45, 7) is 1.30. The van der Waals surface area contributed by atoms with Crippen molar-refractivity contribution in [2.24, 2.45) is 0 Å². The summed E-state index contributed by atoms with van der Waals surface area (Å²) >= 11 is 0. The molecule has 88 valence electrons. The van der Waals surface area contributed by atoms with Gasteiger partial charge in [0.1, 0.15) is 0 Å². The predicted molar refractivity (Wildman–Crippen MR) is 57.2 cm³/mol. The number of pyridine rings is 1. The minimum absolute atomic E-state index is 0.00773. The topological polar surface area (TPSA) is 109 Å². The normalized spacial score (nSPS) is 12.2.